The van der Waals surface area contributed by atoms with E-state index in [2.05, 4.69) is 19.2 Å². The number of rotatable bonds is 7. The van der Waals surface area contributed by atoms with Gasteiger partial charge in [-0.25, -0.2) is 0 Å². The summed E-state index contributed by atoms with van der Waals surface area (Å²) >= 11 is 0. The van der Waals surface area contributed by atoms with Crippen molar-refractivity contribution in [3.8, 4) is 17.2 Å². The smallest absolute Gasteiger partial charge is 0.244 e. The highest BCUT2D eigenvalue weighted by Crippen LogP contribution is 2.40. The minimum atomic E-state index is -0.141. The van der Waals surface area contributed by atoms with E-state index in [9.17, 15) is 4.79 Å². The van der Waals surface area contributed by atoms with Gasteiger partial charge in [0.25, 0.3) is 0 Å². The maximum absolute atomic E-state index is 11.9. The molecule has 122 valence electrons. The van der Waals surface area contributed by atoms with Crippen LogP contribution in [-0.2, 0) is 4.79 Å². The lowest BCUT2D eigenvalue weighted by atomic mass is 10.1. The molecular formula is C17H25NO4. The molecule has 0 radical (unpaired) electrons. The topological polar surface area (TPSA) is 56.8 Å². The number of nitrogens with one attached hydrogen (secondary N) is 1. The largest absolute Gasteiger partial charge is 0.493 e. The van der Waals surface area contributed by atoms with Gasteiger partial charge in [0, 0.05) is 17.7 Å². The molecule has 1 aromatic rings. The molecule has 0 unspecified atom stereocenters. The molecule has 1 aromatic carbocycles. The summed E-state index contributed by atoms with van der Waals surface area (Å²) in [5, 5.41) is 2.92. The molecule has 0 aromatic heterocycles. The van der Waals surface area contributed by atoms with E-state index in [1.165, 1.54) is 6.08 Å². The molecule has 0 heterocycles. The lowest BCUT2D eigenvalue weighted by Gasteiger charge is -2.16. The van der Waals surface area contributed by atoms with Crippen LogP contribution in [0.1, 0.15) is 26.3 Å². The number of carbonyl (C=O) groups excluding carboxylic acids is 1. The predicted molar refractivity (Wildman–Crippen MR) is 87.6 cm³/mol. The summed E-state index contributed by atoms with van der Waals surface area (Å²) in [6.45, 7) is 6.10. The molecule has 0 saturated carbocycles. The van der Waals surface area contributed by atoms with Gasteiger partial charge in [-0.15, -0.1) is 0 Å². The molecule has 1 rings (SSSR count). The van der Waals surface area contributed by atoms with Crippen LogP contribution in [0.5, 0.6) is 17.2 Å². The van der Waals surface area contributed by atoms with E-state index in [1.54, 1.807) is 33.5 Å². The highest BCUT2D eigenvalue weighted by atomic mass is 16.5. The monoisotopic (exact) mass is 307 g/mol. The number of hydrogen-bond acceptors (Lipinski definition) is 4. The molecule has 22 heavy (non-hydrogen) atoms. The Hall–Kier alpha value is -2.17. The first kappa shape index (κ1) is 17.9. The number of methoxy groups -OCH3 is 3. The van der Waals surface area contributed by atoms with Crippen molar-refractivity contribution in [2.45, 2.75) is 26.8 Å². The second kappa shape index (κ2) is 8.32. The summed E-state index contributed by atoms with van der Waals surface area (Å²) in [7, 11) is 4.66. The van der Waals surface area contributed by atoms with Crippen molar-refractivity contribution < 1.29 is 19.0 Å². The van der Waals surface area contributed by atoms with Gasteiger partial charge in [0.1, 0.15) is 0 Å². The normalized spacial score (nSPS) is 12.3. The Morgan fingerprint density at radius 3 is 2.18 bits per heavy atom. The third-order valence-corrected chi connectivity index (χ3v) is 3.52. The Morgan fingerprint density at radius 1 is 1.05 bits per heavy atom. The van der Waals surface area contributed by atoms with Crippen molar-refractivity contribution in [1.29, 1.82) is 0 Å². The Labute approximate surface area is 132 Å². The van der Waals surface area contributed by atoms with Crippen LogP contribution in [0.15, 0.2) is 18.2 Å². The summed E-state index contributed by atoms with van der Waals surface area (Å²) in [4.78, 5) is 11.9. The predicted octanol–water partition coefficient (Wildman–Crippen LogP) is 2.89. The highest BCUT2D eigenvalue weighted by molar-refractivity contribution is 5.92. The molecule has 0 fully saturated rings. The number of ether oxygens (including phenoxy) is 3. The van der Waals surface area contributed by atoms with Crippen LogP contribution < -0.4 is 19.5 Å². The summed E-state index contributed by atoms with van der Waals surface area (Å²) in [5.41, 5.74) is 0.743. The van der Waals surface area contributed by atoms with Crippen molar-refractivity contribution in [3.05, 3.63) is 23.8 Å². The second-order valence-electron chi connectivity index (χ2n) is 5.30. The van der Waals surface area contributed by atoms with E-state index in [0.29, 0.717) is 23.2 Å². The van der Waals surface area contributed by atoms with Crippen molar-refractivity contribution in [2.24, 2.45) is 5.92 Å². The van der Waals surface area contributed by atoms with Gasteiger partial charge in [-0.2, -0.15) is 0 Å². The average Bonchev–Trinajstić information content (AvgIpc) is 2.51. The van der Waals surface area contributed by atoms with Crippen LogP contribution in [-0.4, -0.2) is 33.3 Å². The zero-order valence-corrected chi connectivity index (χ0v) is 14.1. The maximum Gasteiger partial charge on any atom is 0.244 e. The molecule has 0 spiro atoms. The van der Waals surface area contributed by atoms with E-state index in [0.717, 1.165) is 5.56 Å². The fourth-order valence-corrected chi connectivity index (χ4v) is 1.86. The number of benzene rings is 1. The standard InChI is InChI=1S/C17H25NO4/c1-11(2)12(3)18-15(19)10-8-13-7-9-14(20-4)17(22-6)16(13)21-5/h7-12H,1-6H3,(H,18,19)/b10-8+/t12-/m0/s1. The molecule has 1 atom stereocenters. The average molecular weight is 307 g/mol. The third kappa shape index (κ3) is 4.41. The van der Waals surface area contributed by atoms with E-state index in [1.807, 2.05) is 13.0 Å². The fraction of sp³-hybridized carbons (Fsp3) is 0.471. The lowest BCUT2D eigenvalue weighted by molar-refractivity contribution is -0.117. The van der Waals surface area contributed by atoms with Crippen LogP contribution in [0.4, 0.5) is 0 Å². The summed E-state index contributed by atoms with van der Waals surface area (Å²) in [6, 6.07) is 3.70. The van der Waals surface area contributed by atoms with Crippen LogP contribution >= 0.6 is 0 Å². The molecule has 5 heteroatoms. The van der Waals surface area contributed by atoms with Gasteiger partial charge in [-0.1, -0.05) is 13.8 Å². The molecule has 0 saturated heterocycles. The molecule has 0 aliphatic carbocycles. The van der Waals surface area contributed by atoms with Crippen molar-refractivity contribution in [1.82, 2.24) is 5.32 Å². The van der Waals surface area contributed by atoms with Crippen molar-refractivity contribution in [3.63, 3.8) is 0 Å². The Kier molecular flexibility index (Phi) is 6.76. The van der Waals surface area contributed by atoms with Gasteiger partial charge < -0.3 is 19.5 Å². The van der Waals surface area contributed by atoms with Crippen molar-refractivity contribution >= 4 is 12.0 Å². The van der Waals surface area contributed by atoms with Crippen LogP contribution in [0.2, 0.25) is 0 Å². The van der Waals surface area contributed by atoms with E-state index in [-0.39, 0.29) is 11.9 Å². The molecule has 0 aliphatic heterocycles. The first-order valence-electron chi connectivity index (χ1n) is 7.22. The number of hydrogen-bond donors (Lipinski definition) is 1. The van der Waals surface area contributed by atoms with Gasteiger partial charge in [0.15, 0.2) is 11.5 Å². The second-order valence-corrected chi connectivity index (χ2v) is 5.30. The first-order valence-corrected chi connectivity index (χ1v) is 7.22. The minimum Gasteiger partial charge on any atom is -0.493 e. The highest BCUT2D eigenvalue weighted by Gasteiger charge is 2.14. The summed E-state index contributed by atoms with van der Waals surface area (Å²) < 4.78 is 15.9. The minimum absolute atomic E-state index is 0.115. The molecule has 0 bridgehead atoms. The van der Waals surface area contributed by atoms with Gasteiger partial charge >= 0.3 is 0 Å². The zero-order valence-electron chi connectivity index (χ0n) is 14.1. The van der Waals surface area contributed by atoms with Crippen molar-refractivity contribution in [2.75, 3.05) is 21.3 Å². The van der Waals surface area contributed by atoms with Gasteiger partial charge in [-0.3, -0.25) is 4.79 Å². The van der Waals surface area contributed by atoms with Crippen LogP contribution in [0, 0.1) is 5.92 Å². The number of amides is 1. The van der Waals surface area contributed by atoms with Gasteiger partial charge in [-0.05, 0) is 31.1 Å². The SMILES string of the molecule is COc1ccc(/C=C/C(=O)N[C@@H](C)C(C)C)c(OC)c1OC. The molecular weight excluding hydrogens is 282 g/mol. The molecule has 1 amide bonds. The Morgan fingerprint density at radius 2 is 1.68 bits per heavy atom. The third-order valence-electron chi connectivity index (χ3n) is 3.52. The number of carbonyl (C=O) groups is 1. The lowest BCUT2D eigenvalue weighted by Crippen LogP contribution is -2.34. The summed E-state index contributed by atoms with van der Waals surface area (Å²) in [5.74, 6) is 1.85. The van der Waals surface area contributed by atoms with Gasteiger partial charge in [0.05, 0.1) is 21.3 Å². The van der Waals surface area contributed by atoms with E-state index >= 15 is 0 Å². The first-order chi connectivity index (χ1) is 10.4. The maximum atomic E-state index is 11.9. The molecule has 0 aliphatic rings. The summed E-state index contributed by atoms with van der Waals surface area (Å²) in [6.07, 6.45) is 3.19. The Balaban J connectivity index is 2.98. The van der Waals surface area contributed by atoms with E-state index in [4.69, 9.17) is 14.2 Å². The van der Waals surface area contributed by atoms with Gasteiger partial charge in [0.2, 0.25) is 11.7 Å². The fourth-order valence-electron chi connectivity index (χ4n) is 1.86. The van der Waals surface area contributed by atoms with Crippen LogP contribution in [0.3, 0.4) is 0 Å². The van der Waals surface area contributed by atoms with Crippen LogP contribution in [0.25, 0.3) is 6.08 Å². The zero-order chi connectivity index (χ0) is 16.7. The molecule has 1 N–H and O–H groups in total. The quantitative estimate of drug-likeness (QED) is 0.787. The van der Waals surface area contributed by atoms with E-state index < -0.39 is 0 Å². The Bertz CT molecular complexity index is 538. The molecule has 5 nitrogen and oxygen atoms in total.